The number of piperidine rings is 3. The zero-order valence-corrected chi connectivity index (χ0v) is 33.0. The number of imidazole rings is 1. The van der Waals surface area contributed by atoms with Crippen molar-refractivity contribution in [2.24, 2.45) is 11.8 Å². The van der Waals surface area contributed by atoms with Gasteiger partial charge in [0.2, 0.25) is 0 Å². The summed E-state index contributed by atoms with van der Waals surface area (Å²) in [6.07, 6.45) is 5.47. The molecule has 0 spiro atoms. The molecular weight excluding hydrogens is 765 g/mol. The molecule has 1 saturated carbocycles. The summed E-state index contributed by atoms with van der Waals surface area (Å²) in [4.78, 5) is 33.0. The van der Waals surface area contributed by atoms with Crippen molar-refractivity contribution in [1.82, 2.24) is 35.0 Å². The third kappa shape index (κ3) is 9.19. The number of ether oxygens (including phenoxy) is 1. The van der Waals surface area contributed by atoms with Gasteiger partial charge >= 0.3 is 12.1 Å². The van der Waals surface area contributed by atoms with Gasteiger partial charge in [0, 0.05) is 45.5 Å². The van der Waals surface area contributed by atoms with Crippen LogP contribution in [0.25, 0.3) is 5.65 Å². The molecule has 8 rings (SSSR count). The largest absolute Gasteiger partial charge is 0.490 e. The zero-order valence-electron chi connectivity index (χ0n) is 33.0. The molecule has 1 aromatic carbocycles. The first kappa shape index (κ1) is 42.0. The van der Waals surface area contributed by atoms with Gasteiger partial charge in [0.25, 0.3) is 11.8 Å². The second-order valence-corrected chi connectivity index (χ2v) is 16.3. The van der Waals surface area contributed by atoms with E-state index in [0.717, 1.165) is 81.1 Å². The Morgan fingerprint density at radius 1 is 1.02 bits per heavy atom. The van der Waals surface area contributed by atoms with Gasteiger partial charge in [-0.2, -0.15) is 13.2 Å². The van der Waals surface area contributed by atoms with E-state index < -0.39 is 24.1 Å². The average Bonchev–Trinajstić information content (AvgIpc) is 3.82. The van der Waals surface area contributed by atoms with Crippen LogP contribution < -0.4 is 20.9 Å². The Morgan fingerprint density at radius 3 is 2.38 bits per heavy atom. The Kier molecular flexibility index (Phi) is 12.8. The van der Waals surface area contributed by atoms with Crippen LogP contribution in [-0.4, -0.2) is 132 Å². The lowest BCUT2D eigenvalue weighted by Crippen LogP contribution is -2.59. The number of benzene rings is 1. The second-order valence-electron chi connectivity index (χ2n) is 16.3. The Balaban J connectivity index is 0.000000672. The van der Waals surface area contributed by atoms with Gasteiger partial charge in [0.15, 0.2) is 17.2 Å². The predicted molar refractivity (Wildman–Crippen MR) is 208 cm³/mol. The van der Waals surface area contributed by atoms with Crippen LogP contribution in [0.2, 0.25) is 0 Å². The molecule has 58 heavy (non-hydrogen) atoms. The van der Waals surface area contributed by atoms with Gasteiger partial charge in [-0.3, -0.25) is 14.6 Å². The minimum Gasteiger partial charge on any atom is -0.475 e. The summed E-state index contributed by atoms with van der Waals surface area (Å²) in [5, 5.41) is 21.8. The number of hydrogen-bond donors (Lipinski definition) is 4. The summed E-state index contributed by atoms with van der Waals surface area (Å²) in [5.74, 6) is -3.56. The molecule has 0 radical (unpaired) electrons. The Hall–Kier alpha value is -4.13. The third-order valence-corrected chi connectivity index (χ3v) is 12.7. The van der Waals surface area contributed by atoms with Crippen molar-refractivity contribution in [2.75, 3.05) is 70.2 Å². The lowest BCUT2D eigenvalue weighted by atomic mass is 9.82. The van der Waals surface area contributed by atoms with Gasteiger partial charge in [0.1, 0.15) is 0 Å². The van der Waals surface area contributed by atoms with Crippen molar-refractivity contribution in [3.8, 4) is 0 Å². The zero-order chi connectivity index (χ0) is 41.2. The van der Waals surface area contributed by atoms with E-state index in [0.29, 0.717) is 49.1 Å². The van der Waals surface area contributed by atoms with E-state index in [2.05, 4.69) is 42.9 Å². The molecule has 0 bridgehead atoms. The SMILES string of the molecule is CNc1cc(N2CCc3c(CN4CC[C@H](N5CCC(CC6CCNCC6)CC5)C(F)(F)C4)cccc32)nn2c(C(=O)N[C@@H]3CC[C@H]3OC)cnc12.O=C(O)C(F)(F)F. The highest BCUT2D eigenvalue weighted by Crippen LogP contribution is 2.40. The highest BCUT2D eigenvalue weighted by molar-refractivity contribution is 5.94. The molecule has 4 N–H and O–H groups in total. The monoisotopic (exact) mass is 819 g/mol. The first-order valence-electron chi connectivity index (χ1n) is 20.4. The number of aliphatic carboxylic acids is 1. The molecule has 2 aromatic heterocycles. The number of carboxylic acid groups (broad SMARTS) is 1. The molecule has 1 aliphatic carbocycles. The van der Waals surface area contributed by atoms with Crippen LogP contribution in [0.5, 0.6) is 0 Å². The van der Waals surface area contributed by atoms with E-state index in [1.54, 1.807) is 17.8 Å². The summed E-state index contributed by atoms with van der Waals surface area (Å²) >= 11 is 0. The minimum absolute atomic E-state index is 0.0223. The fraction of sp³-hybridized carbons (Fsp3) is 0.650. The third-order valence-electron chi connectivity index (χ3n) is 12.7. The fourth-order valence-electron chi connectivity index (χ4n) is 9.39. The number of anilines is 3. The number of carboxylic acids is 1. The molecule has 13 nitrogen and oxygen atoms in total. The van der Waals surface area contributed by atoms with Crippen LogP contribution in [0.1, 0.15) is 73.0 Å². The van der Waals surface area contributed by atoms with Crippen LogP contribution >= 0.6 is 0 Å². The molecule has 18 heteroatoms. The lowest BCUT2D eigenvalue weighted by Gasteiger charge is -2.46. The maximum atomic E-state index is 15.9. The van der Waals surface area contributed by atoms with E-state index in [4.69, 9.17) is 19.7 Å². The quantitative estimate of drug-likeness (QED) is 0.198. The Bertz CT molecular complexity index is 1910. The van der Waals surface area contributed by atoms with Crippen LogP contribution in [0.15, 0.2) is 30.5 Å². The van der Waals surface area contributed by atoms with Gasteiger partial charge in [-0.1, -0.05) is 12.1 Å². The van der Waals surface area contributed by atoms with Gasteiger partial charge < -0.3 is 30.7 Å². The number of carbonyl (C=O) groups is 2. The molecule has 1 amide bonds. The second kappa shape index (κ2) is 17.6. The summed E-state index contributed by atoms with van der Waals surface area (Å²) in [5.41, 5.74) is 4.99. The van der Waals surface area contributed by atoms with Crippen molar-refractivity contribution in [3.63, 3.8) is 0 Å². The molecule has 4 aliphatic heterocycles. The van der Waals surface area contributed by atoms with Gasteiger partial charge in [-0.15, -0.1) is 5.10 Å². The Labute approximate surface area is 334 Å². The van der Waals surface area contributed by atoms with Crippen molar-refractivity contribution in [3.05, 3.63) is 47.3 Å². The first-order chi connectivity index (χ1) is 27.7. The maximum Gasteiger partial charge on any atom is 0.490 e. The van der Waals surface area contributed by atoms with E-state index in [1.165, 1.54) is 24.8 Å². The summed E-state index contributed by atoms with van der Waals surface area (Å²) < 4.78 is 70.6. The number of fused-ring (bicyclic) bond motifs is 2. The molecule has 3 atom stereocenters. The lowest BCUT2D eigenvalue weighted by molar-refractivity contribution is -0.192. The number of methoxy groups -OCH3 is 1. The maximum absolute atomic E-state index is 15.9. The number of halogens is 5. The number of hydrogen-bond acceptors (Lipinski definition) is 10. The van der Waals surface area contributed by atoms with Crippen LogP contribution in [-0.2, 0) is 22.5 Å². The number of alkyl halides is 5. The van der Waals surface area contributed by atoms with E-state index >= 15 is 8.78 Å². The van der Waals surface area contributed by atoms with Crippen molar-refractivity contribution in [1.29, 1.82) is 0 Å². The molecular formula is C40H54F5N9O4. The molecule has 318 valence electrons. The minimum atomic E-state index is -5.08. The van der Waals surface area contributed by atoms with Crippen molar-refractivity contribution < 1.29 is 41.4 Å². The summed E-state index contributed by atoms with van der Waals surface area (Å²) in [6.45, 7) is 5.50. The topological polar surface area (TPSA) is 140 Å². The van der Waals surface area contributed by atoms with Gasteiger partial charge in [-0.25, -0.2) is 23.1 Å². The van der Waals surface area contributed by atoms with Gasteiger partial charge in [-0.05, 0) is 113 Å². The fourth-order valence-corrected chi connectivity index (χ4v) is 9.39. The molecule has 0 unspecified atom stereocenters. The number of amides is 1. The number of carbonyl (C=O) groups excluding carboxylic acids is 1. The van der Waals surface area contributed by atoms with E-state index in [-0.39, 0.29) is 24.6 Å². The molecule has 5 aliphatic rings. The number of likely N-dealkylation sites (tertiary alicyclic amines) is 2. The number of nitrogens with zero attached hydrogens (tertiary/aromatic N) is 6. The summed E-state index contributed by atoms with van der Waals surface area (Å²) in [6, 6.07) is 7.44. The van der Waals surface area contributed by atoms with Crippen LogP contribution in [0, 0.1) is 11.8 Å². The molecule has 6 heterocycles. The van der Waals surface area contributed by atoms with E-state index in [1.807, 2.05) is 24.1 Å². The molecule has 3 aromatic rings. The van der Waals surface area contributed by atoms with Crippen LogP contribution in [0.3, 0.4) is 0 Å². The van der Waals surface area contributed by atoms with Crippen molar-refractivity contribution >= 4 is 34.7 Å². The average molecular weight is 820 g/mol. The molecule has 3 saturated heterocycles. The van der Waals surface area contributed by atoms with E-state index in [9.17, 15) is 18.0 Å². The predicted octanol–water partition coefficient (Wildman–Crippen LogP) is 5.32. The highest BCUT2D eigenvalue weighted by atomic mass is 19.4. The first-order valence-corrected chi connectivity index (χ1v) is 20.4. The van der Waals surface area contributed by atoms with Crippen LogP contribution in [0.4, 0.5) is 39.1 Å². The number of rotatable bonds is 10. The molecule has 4 fully saturated rings. The number of nitrogens with one attached hydrogen (secondary N) is 3. The van der Waals surface area contributed by atoms with Crippen molar-refractivity contribution in [2.45, 2.75) is 94.6 Å². The standard InChI is InChI=1S/C38H53F2N9O2.C2HF3O2/c1-41-30-21-35(45-49-32(22-43-36(30)49)37(50)44-29-6-7-33(29)51-2)48-19-12-28-27(4-3-5-31(28)48)23-46-16-13-34(38(39,40)24-46)47-17-10-26(11-18-47)20-25-8-14-42-15-9-25;3-2(4,5)1(6)7/h3-5,21-22,25-26,29,33-34,41-42H,6-20,23-24H2,1-2H3,(H,44,50);(H,6,7)/t29-,33-,34+;/m1./s1. The van der Waals surface area contributed by atoms with Gasteiger partial charge in [0.05, 0.1) is 36.6 Å². The Morgan fingerprint density at radius 2 is 1.74 bits per heavy atom. The smallest absolute Gasteiger partial charge is 0.475 e. The number of aromatic nitrogens is 3. The highest BCUT2D eigenvalue weighted by Gasteiger charge is 2.48. The normalized spacial score (nSPS) is 24.5. The summed E-state index contributed by atoms with van der Waals surface area (Å²) in [7, 11) is 3.50.